The number of halogens is 3. The first-order valence-electron chi connectivity index (χ1n) is 7.54. The van der Waals surface area contributed by atoms with Crippen molar-refractivity contribution in [2.24, 2.45) is 0 Å². The van der Waals surface area contributed by atoms with Crippen LogP contribution < -0.4 is 10.1 Å². The molecule has 0 saturated carbocycles. The van der Waals surface area contributed by atoms with E-state index in [-0.39, 0.29) is 5.69 Å². The number of amides is 1. The molecule has 0 aliphatic carbocycles. The number of carbonyl (C=O) groups excluding carboxylic acids is 2. The van der Waals surface area contributed by atoms with Crippen LogP contribution in [-0.4, -0.2) is 24.8 Å². The van der Waals surface area contributed by atoms with E-state index in [0.717, 1.165) is 23.3 Å². The summed E-state index contributed by atoms with van der Waals surface area (Å²) in [6.07, 6.45) is -4.78. The van der Waals surface area contributed by atoms with Crippen molar-refractivity contribution in [3.63, 3.8) is 0 Å². The summed E-state index contributed by atoms with van der Waals surface area (Å²) in [5, 5.41) is 2.41. The Balaban J connectivity index is 1.88. The van der Waals surface area contributed by atoms with Crippen LogP contribution in [0.5, 0.6) is 5.75 Å². The van der Waals surface area contributed by atoms with E-state index in [0.29, 0.717) is 5.56 Å². The van der Waals surface area contributed by atoms with Crippen molar-refractivity contribution in [1.29, 1.82) is 0 Å². The second kappa shape index (κ2) is 7.90. The highest BCUT2D eigenvalue weighted by molar-refractivity contribution is 5.96. The van der Waals surface area contributed by atoms with Crippen molar-refractivity contribution in [3.8, 4) is 5.75 Å². The molecule has 1 amide bonds. The highest BCUT2D eigenvalue weighted by Gasteiger charge is 2.30. The molecule has 0 saturated heterocycles. The predicted octanol–water partition coefficient (Wildman–Crippen LogP) is 4.00. The molecule has 1 N–H and O–H groups in total. The SMILES string of the molecule is Cc1ccc(C)c(C(=O)OCC(=O)Nc2ccc(OC(F)(F)F)cc2)c1. The molecule has 0 aromatic heterocycles. The van der Waals surface area contributed by atoms with Crippen molar-refractivity contribution in [1.82, 2.24) is 0 Å². The summed E-state index contributed by atoms with van der Waals surface area (Å²) in [5.41, 5.74) is 2.22. The lowest BCUT2D eigenvalue weighted by molar-refractivity contribution is -0.274. The summed E-state index contributed by atoms with van der Waals surface area (Å²) in [7, 11) is 0. The maximum absolute atomic E-state index is 12.1. The molecule has 2 aromatic rings. The molecule has 0 atom stereocenters. The third-order valence-corrected chi connectivity index (χ3v) is 3.32. The van der Waals surface area contributed by atoms with Crippen molar-refractivity contribution in [2.45, 2.75) is 20.2 Å². The normalized spacial score (nSPS) is 11.0. The van der Waals surface area contributed by atoms with Crippen LogP contribution in [-0.2, 0) is 9.53 Å². The second-order valence-electron chi connectivity index (χ2n) is 5.51. The number of esters is 1. The lowest BCUT2D eigenvalue weighted by Crippen LogP contribution is -2.21. The molecule has 0 radical (unpaired) electrons. The first-order chi connectivity index (χ1) is 12.1. The maximum Gasteiger partial charge on any atom is 0.573 e. The van der Waals surface area contributed by atoms with Crippen molar-refractivity contribution in [2.75, 3.05) is 11.9 Å². The number of alkyl halides is 3. The zero-order valence-corrected chi connectivity index (χ0v) is 14.0. The van der Waals surface area contributed by atoms with Crippen LogP contribution >= 0.6 is 0 Å². The third kappa shape index (κ3) is 5.80. The van der Waals surface area contributed by atoms with Gasteiger partial charge in [-0.3, -0.25) is 4.79 Å². The van der Waals surface area contributed by atoms with Gasteiger partial charge in [0.2, 0.25) is 0 Å². The van der Waals surface area contributed by atoms with Gasteiger partial charge in [-0.2, -0.15) is 0 Å². The van der Waals surface area contributed by atoms with Gasteiger partial charge in [-0.15, -0.1) is 13.2 Å². The monoisotopic (exact) mass is 367 g/mol. The summed E-state index contributed by atoms with van der Waals surface area (Å²) >= 11 is 0. The average Bonchev–Trinajstić information content (AvgIpc) is 2.55. The molecule has 5 nitrogen and oxygen atoms in total. The maximum atomic E-state index is 12.1. The number of aryl methyl sites for hydroxylation is 2. The lowest BCUT2D eigenvalue weighted by Gasteiger charge is -2.10. The molecule has 8 heteroatoms. The quantitative estimate of drug-likeness (QED) is 0.812. The minimum Gasteiger partial charge on any atom is -0.452 e. The van der Waals surface area contributed by atoms with Gasteiger partial charge in [-0.1, -0.05) is 17.7 Å². The number of carbonyl (C=O) groups is 2. The summed E-state index contributed by atoms with van der Waals surface area (Å²) in [6, 6.07) is 9.89. The summed E-state index contributed by atoms with van der Waals surface area (Å²) in [5.74, 6) is -1.65. The number of rotatable bonds is 5. The van der Waals surface area contributed by atoms with E-state index in [9.17, 15) is 22.8 Å². The van der Waals surface area contributed by atoms with Gasteiger partial charge in [-0.25, -0.2) is 4.79 Å². The van der Waals surface area contributed by atoms with Gasteiger partial charge in [0.15, 0.2) is 6.61 Å². The Morgan fingerprint density at radius 1 is 1.04 bits per heavy atom. The van der Waals surface area contributed by atoms with Gasteiger partial charge in [0.05, 0.1) is 5.56 Å². The van der Waals surface area contributed by atoms with Gasteiger partial charge in [0.1, 0.15) is 5.75 Å². The average molecular weight is 367 g/mol. The van der Waals surface area contributed by atoms with Gasteiger partial charge < -0.3 is 14.8 Å². The van der Waals surface area contributed by atoms with Crippen LogP contribution in [0.4, 0.5) is 18.9 Å². The van der Waals surface area contributed by atoms with Gasteiger partial charge >= 0.3 is 12.3 Å². The third-order valence-electron chi connectivity index (χ3n) is 3.32. The number of benzene rings is 2. The highest BCUT2D eigenvalue weighted by atomic mass is 19.4. The second-order valence-corrected chi connectivity index (χ2v) is 5.51. The minimum atomic E-state index is -4.78. The molecular formula is C18H16F3NO4. The molecule has 0 fully saturated rings. The van der Waals surface area contributed by atoms with Gasteiger partial charge in [-0.05, 0) is 49.7 Å². The molecule has 138 valence electrons. The Morgan fingerprint density at radius 2 is 1.69 bits per heavy atom. The Morgan fingerprint density at radius 3 is 2.31 bits per heavy atom. The van der Waals surface area contributed by atoms with Crippen LogP contribution in [0.15, 0.2) is 42.5 Å². The predicted molar refractivity (Wildman–Crippen MR) is 88.0 cm³/mol. The van der Waals surface area contributed by atoms with Gasteiger partial charge in [0.25, 0.3) is 5.91 Å². The molecule has 0 bridgehead atoms. The highest BCUT2D eigenvalue weighted by Crippen LogP contribution is 2.23. The van der Waals surface area contributed by atoms with Crippen LogP contribution in [0, 0.1) is 13.8 Å². The lowest BCUT2D eigenvalue weighted by atomic mass is 10.1. The molecule has 0 aliphatic heterocycles. The van der Waals surface area contributed by atoms with E-state index in [1.54, 1.807) is 19.1 Å². The largest absolute Gasteiger partial charge is 0.573 e. The zero-order valence-electron chi connectivity index (χ0n) is 14.0. The number of hydrogen-bond donors (Lipinski definition) is 1. The summed E-state index contributed by atoms with van der Waals surface area (Å²) in [4.78, 5) is 23.8. The Bertz CT molecular complexity index is 801. The van der Waals surface area contributed by atoms with Crippen LogP contribution in [0.3, 0.4) is 0 Å². The molecule has 0 aliphatic rings. The molecule has 2 rings (SSSR count). The first-order valence-corrected chi connectivity index (χ1v) is 7.54. The smallest absolute Gasteiger partial charge is 0.452 e. The number of nitrogens with one attached hydrogen (secondary N) is 1. The van der Waals surface area contributed by atoms with Crippen molar-refractivity contribution < 1.29 is 32.2 Å². The van der Waals surface area contributed by atoms with E-state index >= 15 is 0 Å². The summed E-state index contributed by atoms with van der Waals surface area (Å²) in [6.45, 7) is 3.06. The Hall–Kier alpha value is -3.03. The molecule has 0 heterocycles. The standard InChI is InChI=1S/C18H16F3NO4/c1-11-3-4-12(2)15(9-11)17(24)25-10-16(23)22-13-5-7-14(8-6-13)26-18(19,20)21/h3-9H,10H2,1-2H3,(H,22,23). The molecule has 0 unspecified atom stereocenters. The summed E-state index contributed by atoms with van der Waals surface area (Å²) < 4.78 is 44.9. The van der Waals surface area contributed by atoms with Crippen LogP contribution in [0.2, 0.25) is 0 Å². The van der Waals surface area contributed by atoms with E-state index < -0.39 is 30.6 Å². The number of ether oxygens (including phenoxy) is 2. The van der Waals surface area contributed by atoms with Crippen LogP contribution in [0.25, 0.3) is 0 Å². The fraction of sp³-hybridized carbons (Fsp3) is 0.222. The fourth-order valence-corrected chi connectivity index (χ4v) is 2.10. The molecular weight excluding hydrogens is 351 g/mol. The van der Waals surface area contributed by atoms with Crippen molar-refractivity contribution >= 4 is 17.6 Å². The van der Waals surface area contributed by atoms with Crippen LogP contribution in [0.1, 0.15) is 21.5 Å². The Labute approximate surface area is 147 Å². The molecule has 26 heavy (non-hydrogen) atoms. The topological polar surface area (TPSA) is 64.6 Å². The van der Waals surface area contributed by atoms with E-state index in [1.807, 2.05) is 13.0 Å². The van der Waals surface area contributed by atoms with E-state index in [4.69, 9.17) is 4.74 Å². The Kier molecular flexibility index (Phi) is 5.86. The molecule has 2 aromatic carbocycles. The zero-order chi connectivity index (χ0) is 19.3. The van der Waals surface area contributed by atoms with Crippen molar-refractivity contribution in [3.05, 3.63) is 59.2 Å². The molecule has 0 spiro atoms. The van der Waals surface area contributed by atoms with E-state index in [2.05, 4.69) is 10.1 Å². The first kappa shape index (κ1) is 19.3. The van der Waals surface area contributed by atoms with Gasteiger partial charge in [0, 0.05) is 5.69 Å². The fourth-order valence-electron chi connectivity index (χ4n) is 2.10. The minimum absolute atomic E-state index is 0.243. The number of hydrogen-bond acceptors (Lipinski definition) is 4. The number of anilines is 1. The van der Waals surface area contributed by atoms with E-state index in [1.165, 1.54) is 12.1 Å².